The number of nitrogens with zero attached hydrogens (tertiary/aromatic N) is 2. The summed E-state index contributed by atoms with van der Waals surface area (Å²) >= 11 is 12.4. The standard InChI is InChI=1S/C32H36Cl2N4O4/c1-5-42-31(41)27(36-30(40)29-24(33)12-9-13-25(29)34)19-22-14-15-28(26(18-22)35-21(2)39)37-16-17-38(32(3,4)20-37)23-10-7-6-8-11-23/h6-15,18,27H,5,16-17,19-20H2,1-4H3,(H,35,39)(H,36,40)/t27-/m0/s1. The molecule has 0 bridgehead atoms. The molecule has 0 unspecified atom stereocenters. The van der Waals surface area contributed by atoms with Gasteiger partial charge in [0.25, 0.3) is 5.91 Å². The summed E-state index contributed by atoms with van der Waals surface area (Å²) in [6.45, 7) is 10.0. The van der Waals surface area contributed by atoms with Crippen LogP contribution in [0.15, 0.2) is 66.7 Å². The molecule has 2 amide bonds. The molecule has 1 atom stereocenters. The highest BCUT2D eigenvalue weighted by molar-refractivity contribution is 6.39. The van der Waals surface area contributed by atoms with Crippen LogP contribution in [-0.4, -0.2) is 55.6 Å². The molecule has 1 saturated heterocycles. The Morgan fingerprint density at radius 3 is 2.29 bits per heavy atom. The monoisotopic (exact) mass is 610 g/mol. The minimum Gasteiger partial charge on any atom is -0.464 e. The van der Waals surface area contributed by atoms with Crippen LogP contribution in [0.1, 0.15) is 43.6 Å². The summed E-state index contributed by atoms with van der Waals surface area (Å²) in [5.41, 5.74) is 3.33. The van der Waals surface area contributed by atoms with Gasteiger partial charge in [0.2, 0.25) is 5.91 Å². The highest BCUT2D eigenvalue weighted by Gasteiger charge is 2.35. The quantitative estimate of drug-likeness (QED) is 0.290. The van der Waals surface area contributed by atoms with Crippen molar-refractivity contribution in [3.63, 3.8) is 0 Å². The maximum Gasteiger partial charge on any atom is 0.328 e. The second-order valence-electron chi connectivity index (χ2n) is 10.8. The van der Waals surface area contributed by atoms with Gasteiger partial charge in [-0.3, -0.25) is 9.59 Å². The number of carbonyl (C=O) groups is 3. The number of benzene rings is 3. The van der Waals surface area contributed by atoms with E-state index in [9.17, 15) is 14.4 Å². The van der Waals surface area contributed by atoms with E-state index >= 15 is 0 Å². The molecule has 0 spiro atoms. The van der Waals surface area contributed by atoms with Crippen molar-refractivity contribution in [3.8, 4) is 0 Å². The fourth-order valence-corrected chi connectivity index (χ4v) is 5.91. The Bertz CT molecular complexity index is 1430. The molecule has 3 aromatic rings. The lowest BCUT2D eigenvalue weighted by molar-refractivity contribution is -0.145. The van der Waals surface area contributed by atoms with Gasteiger partial charge in [0, 0.05) is 38.7 Å². The lowest BCUT2D eigenvalue weighted by Crippen LogP contribution is -2.59. The van der Waals surface area contributed by atoms with Crippen LogP contribution in [0.2, 0.25) is 10.0 Å². The molecule has 0 radical (unpaired) electrons. The summed E-state index contributed by atoms with van der Waals surface area (Å²) in [6.07, 6.45) is 0.132. The molecule has 4 rings (SSSR count). The number of nitrogens with one attached hydrogen (secondary N) is 2. The normalized spacial score (nSPS) is 15.1. The number of hydrogen-bond acceptors (Lipinski definition) is 6. The van der Waals surface area contributed by atoms with Crippen LogP contribution in [0.4, 0.5) is 17.1 Å². The Kier molecular flexibility index (Phi) is 10.0. The summed E-state index contributed by atoms with van der Waals surface area (Å²) in [5, 5.41) is 6.04. The van der Waals surface area contributed by atoms with E-state index in [4.69, 9.17) is 27.9 Å². The average Bonchev–Trinajstić information content (AvgIpc) is 2.92. The van der Waals surface area contributed by atoms with Crippen LogP contribution in [0.3, 0.4) is 0 Å². The molecule has 0 aromatic heterocycles. The van der Waals surface area contributed by atoms with E-state index in [1.165, 1.54) is 12.6 Å². The van der Waals surface area contributed by atoms with E-state index in [0.29, 0.717) is 5.69 Å². The summed E-state index contributed by atoms with van der Waals surface area (Å²) in [7, 11) is 0. The Balaban J connectivity index is 1.59. The van der Waals surface area contributed by atoms with Gasteiger partial charge in [-0.05, 0) is 62.7 Å². The molecule has 222 valence electrons. The zero-order valence-electron chi connectivity index (χ0n) is 24.2. The molecule has 0 aliphatic carbocycles. The first-order chi connectivity index (χ1) is 20.0. The van der Waals surface area contributed by atoms with E-state index in [-0.39, 0.29) is 40.1 Å². The number of anilines is 3. The van der Waals surface area contributed by atoms with Crippen molar-refractivity contribution < 1.29 is 19.1 Å². The third kappa shape index (κ3) is 7.36. The number of carbonyl (C=O) groups excluding carboxylic acids is 3. The fourth-order valence-electron chi connectivity index (χ4n) is 5.34. The van der Waals surface area contributed by atoms with Crippen LogP contribution in [-0.2, 0) is 20.7 Å². The zero-order chi connectivity index (χ0) is 30.4. The van der Waals surface area contributed by atoms with Gasteiger partial charge >= 0.3 is 5.97 Å². The van der Waals surface area contributed by atoms with Crippen molar-refractivity contribution in [3.05, 3.63) is 87.9 Å². The van der Waals surface area contributed by atoms with E-state index < -0.39 is 17.9 Å². The van der Waals surface area contributed by atoms with Crippen LogP contribution in [0, 0.1) is 0 Å². The molecule has 10 heteroatoms. The van der Waals surface area contributed by atoms with Crippen molar-refractivity contribution in [2.75, 3.05) is 41.4 Å². The van der Waals surface area contributed by atoms with E-state index in [1.807, 2.05) is 36.4 Å². The van der Waals surface area contributed by atoms with E-state index in [0.717, 1.165) is 30.9 Å². The largest absolute Gasteiger partial charge is 0.464 e. The minimum absolute atomic E-state index is 0.0849. The van der Waals surface area contributed by atoms with E-state index in [1.54, 1.807) is 25.1 Å². The maximum absolute atomic E-state index is 13.1. The number of para-hydroxylation sites is 1. The van der Waals surface area contributed by atoms with Gasteiger partial charge < -0.3 is 25.2 Å². The van der Waals surface area contributed by atoms with Crippen molar-refractivity contribution in [2.45, 2.75) is 45.7 Å². The smallest absolute Gasteiger partial charge is 0.328 e. The third-order valence-electron chi connectivity index (χ3n) is 7.19. The summed E-state index contributed by atoms with van der Waals surface area (Å²) in [5.74, 6) is -1.38. The van der Waals surface area contributed by atoms with Gasteiger partial charge in [0.15, 0.2) is 0 Å². The zero-order valence-corrected chi connectivity index (χ0v) is 25.8. The second kappa shape index (κ2) is 13.5. The van der Waals surface area contributed by atoms with Crippen molar-refractivity contribution in [2.24, 2.45) is 0 Å². The second-order valence-corrected chi connectivity index (χ2v) is 11.6. The maximum atomic E-state index is 13.1. The Labute approximate surface area is 256 Å². The van der Waals surface area contributed by atoms with Gasteiger partial charge in [0.1, 0.15) is 6.04 Å². The highest BCUT2D eigenvalue weighted by Crippen LogP contribution is 2.34. The first kappa shape index (κ1) is 31.2. The molecular formula is C32H36Cl2N4O4. The number of esters is 1. The molecule has 42 heavy (non-hydrogen) atoms. The summed E-state index contributed by atoms with van der Waals surface area (Å²) in [4.78, 5) is 42.9. The molecule has 1 heterocycles. The first-order valence-corrected chi connectivity index (χ1v) is 14.7. The number of rotatable bonds is 9. The minimum atomic E-state index is -1.01. The number of piperazine rings is 1. The number of amides is 2. The number of halogens is 2. The topological polar surface area (TPSA) is 91.0 Å². The SMILES string of the molecule is CCOC(=O)[C@H](Cc1ccc(N2CCN(c3ccccc3)C(C)(C)C2)c(NC(C)=O)c1)NC(=O)c1c(Cl)cccc1Cl. The average molecular weight is 612 g/mol. The Morgan fingerprint density at radius 2 is 1.67 bits per heavy atom. The lowest BCUT2D eigenvalue weighted by atomic mass is 9.96. The molecular weight excluding hydrogens is 575 g/mol. The predicted molar refractivity (Wildman–Crippen MR) is 169 cm³/mol. The van der Waals surface area contributed by atoms with Crippen molar-refractivity contribution >= 4 is 58.0 Å². The number of ether oxygens (including phenoxy) is 1. The van der Waals surface area contributed by atoms with Crippen LogP contribution in [0.25, 0.3) is 0 Å². The highest BCUT2D eigenvalue weighted by atomic mass is 35.5. The fraction of sp³-hybridized carbons (Fsp3) is 0.344. The summed E-state index contributed by atoms with van der Waals surface area (Å²) < 4.78 is 5.25. The summed E-state index contributed by atoms with van der Waals surface area (Å²) in [6, 6.07) is 19.8. The van der Waals surface area contributed by atoms with Crippen LogP contribution >= 0.6 is 23.2 Å². The van der Waals surface area contributed by atoms with Crippen LogP contribution < -0.4 is 20.4 Å². The van der Waals surface area contributed by atoms with Gasteiger partial charge in [-0.2, -0.15) is 0 Å². The molecule has 2 N–H and O–H groups in total. The van der Waals surface area contributed by atoms with Gasteiger partial charge in [-0.25, -0.2) is 4.79 Å². The van der Waals surface area contributed by atoms with Gasteiger partial charge in [-0.15, -0.1) is 0 Å². The lowest BCUT2D eigenvalue weighted by Gasteiger charge is -2.49. The molecule has 1 aliphatic heterocycles. The molecule has 3 aromatic carbocycles. The molecule has 0 saturated carbocycles. The first-order valence-electron chi connectivity index (χ1n) is 13.9. The molecule has 1 fully saturated rings. The van der Waals surface area contributed by atoms with Crippen LogP contribution in [0.5, 0.6) is 0 Å². The van der Waals surface area contributed by atoms with Gasteiger partial charge in [-0.1, -0.05) is 53.5 Å². The molecule has 1 aliphatic rings. The third-order valence-corrected chi connectivity index (χ3v) is 7.82. The Morgan fingerprint density at radius 1 is 0.976 bits per heavy atom. The van der Waals surface area contributed by atoms with Crippen molar-refractivity contribution in [1.29, 1.82) is 0 Å². The number of hydrogen-bond donors (Lipinski definition) is 2. The molecule has 8 nitrogen and oxygen atoms in total. The van der Waals surface area contributed by atoms with Crippen molar-refractivity contribution in [1.82, 2.24) is 5.32 Å². The van der Waals surface area contributed by atoms with Gasteiger partial charge in [0.05, 0.1) is 39.1 Å². The predicted octanol–water partition coefficient (Wildman–Crippen LogP) is 5.96. The Hall–Kier alpha value is -3.75. The van der Waals surface area contributed by atoms with E-state index in [2.05, 4.69) is 46.4 Å².